The van der Waals surface area contributed by atoms with Crippen molar-refractivity contribution in [1.82, 2.24) is 5.32 Å². The van der Waals surface area contributed by atoms with Crippen LogP contribution in [0.4, 0.5) is 4.79 Å². The molecule has 1 saturated heterocycles. The van der Waals surface area contributed by atoms with E-state index in [-0.39, 0.29) is 24.6 Å². The van der Waals surface area contributed by atoms with Crippen LogP contribution >= 0.6 is 11.8 Å². The van der Waals surface area contributed by atoms with Gasteiger partial charge in [-0.25, -0.2) is 9.59 Å². The molecule has 1 aliphatic rings. The third-order valence-corrected chi connectivity index (χ3v) is 4.51. The van der Waals surface area contributed by atoms with Crippen molar-refractivity contribution in [3.63, 3.8) is 0 Å². The summed E-state index contributed by atoms with van der Waals surface area (Å²) in [6.45, 7) is 4.69. The van der Waals surface area contributed by atoms with Crippen LogP contribution in [0.3, 0.4) is 0 Å². The summed E-state index contributed by atoms with van der Waals surface area (Å²) in [5.74, 6) is 0.316. The van der Waals surface area contributed by atoms with Crippen LogP contribution in [0.1, 0.15) is 19.4 Å². The molecule has 0 bridgehead atoms. The van der Waals surface area contributed by atoms with Gasteiger partial charge in [0, 0.05) is 5.75 Å². The number of amides is 1. The summed E-state index contributed by atoms with van der Waals surface area (Å²) in [4.78, 5) is 24.1. The highest BCUT2D eigenvalue weighted by molar-refractivity contribution is 8.00. The van der Waals surface area contributed by atoms with Crippen LogP contribution < -0.4 is 5.32 Å². The second kappa shape index (κ2) is 9.54. The van der Waals surface area contributed by atoms with E-state index in [2.05, 4.69) is 5.32 Å². The lowest BCUT2D eigenvalue weighted by atomic mass is 10.1. The first-order valence-electron chi connectivity index (χ1n) is 7.93. The minimum Gasteiger partial charge on any atom is -0.460 e. The van der Waals surface area contributed by atoms with E-state index >= 15 is 0 Å². The van der Waals surface area contributed by atoms with Gasteiger partial charge >= 0.3 is 12.1 Å². The van der Waals surface area contributed by atoms with Gasteiger partial charge in [-0.2, -0.15) is 0 Å². The molecule has 1 fully saturated rings. The Balaban J connectivity index is 1.78. The normalized spacial score (nSPS) is 18.2. The van der Waals surface area contributed by atoms with Crippen molar-refractivity contribution in [3.05, 3.63) is 35.9 Å². The zero-order chi connectivity index (χ0) is 17.4. The molecule has 0 radical (unpaired) electrons. The van der Waals surface area contributed by atoms with Crippen molar-refractivity contribution >= 4 is 23.8 Å². The summed E-state index contributed by atoms with van der Waals surface area (Å²) in [6, 6.07) is 8.60. The smallest absolute Gasteiger partial charge is 0.408 e. The third kappa shape index (κ3) is 6.05. The molecule has 7 heteroatoms. The first-order chi connectivity index (χ1) is 11.6. The summed E-state index contributed by atoms with van der Waals surface area (Å²) < 4.78 is 15.8. The second-order valence-electron chi connectivity index (χ2n) is 5.73. The molecule has 0 spiro atoms. The maximum atomic E-state index is 12.2. The van der Waals surface area contributed by atoms with E-state index in [0.717, 1.165) is 11.3 Å². The predicted molar refractivity (Wildman–Crippen MR) is 91.5 cm³/mol. The Bertz CT molecular complexity index is 531. The van der Waals surface area contributed by atoms with Gasteiger partial charge in [-0.3, -0.25) is 0 Å². The summed E-state index contributed by atoms with van der Waals surface area (Å²) in [6.07, 6.45) is -0.638. The molecule has 0 saturated carbocycles. The van der Waals surface area contributed by atoms with E-state index in [0.29, 0.717) is 6.61 Å². The lowest BCUT2D eigenvalue weighted by Crippen LogP contribution is -2.46. The minimum atomic E-state index is -0.750. The van der Waals surface area contributed by atoms with Crippen molar-refractivity contribution in [2.45, 2.75) is 31.9 Å². The number of ether oxygens (including phenoxy) is 3. The van der Waals surface area contributed by atoms with E-state index in [1.807, 2.05) is 44.2 Å². The topological polar surface area (TPSA) is 73.9 Å². The summed E-state index contributed by atoms with van der Waals surface area (Å²) >= 11 is 1.61. The van der Waals surface area contributed by atoms with Crippen molar-refractivity contribution in [1.29, 1.82) is 0 Å². The number of thioether (sulfide) groups is 1. The first-order valence-corrected chi connectivity index (χ1v) is 8.98. The number of carbonyl (C=O) groups is 2. The number of carbonyl (C=O) groups excluding carboxylic acids is 2. The molecule has 6 nitrogen and oxygen atoms in total. The summed E-state index contributed by atoms with van der Waals surface area (Å²) in [5.41, 5.74) is 0.763. The van der Waals surface area contributed by atoms with Crippen LogP contribution in [-0.2, 0) is 25.6 Å². The van der Waals surface area contributed by atoms with Gasteiger partial charge in [-0.05, 0) is 11.5 Å². The van der Waals surface area contributed by atoms with Gasteiger partial charge in [0.1, 0.15) is 24.7 Å². The molecule has 0 aliphatic carbocycles. The summed E-state index contributed by atoms with van der Waals surface area (Å²) in [5, 5.41) is 2.58. The van der Waals surface area contributed by atoms with Gasteiger partial charge in [0.25, 0.3) is 0 Å². The molecular formula is C17H23NO5S. The third-order valence-electron chi connectivity index (χ3n) is 3.46. The van der Waals surface area contributed by atoms with E-state index in [9.17, 15) is 9.59 Å². The quantitative estimate of drug-likeness (QED) is 0.760. The standard InChI is InChI=1S/C17H23NO5S/c1-12(2)15(16(19)22-11-14-21-8-9-24-14)18-17(20)23-10-13-6-4-3-5-7-13/h3-7,12,14-15H,8-11H2,1-2H3,(H,18,20)/t14-,15+/m1/s1. The monoisotopic (exact) mass is 353 g/mol. The van der Waals surface area contributed by atoms with Gasteiger partial charge in [0.05, 0.1) is 6.61 Å². The SMILES string of the molecule is CC(C)[C@H](NC(=O)OCc1ccccc1)C(=O)OC[C@@H]1OCCS1. The number of hydrogen-bond acceptors (Lipinski definition) is 6. The van der Waals surface area contributed by atoms with Crippen LogP contribution in [0.2, 0.25) is 0 Å². The number of hydrogen-bond donors (Lipinski definition) is 1. The fourth-order valence-corrected chi connectivity index (χ4v) is 2.94. The van der Waals surface area contributed by atoms with Gasteiger partial charge in [-0.15, -0.1) is 11.8 Å². The first kappa shape index (κ1) is 18.6. The molecule has 0 unspecified atom stereocenters. The molecular weight excluding hydrogens is 330 g/mol. The van der Waals surface area contributed by atoms with Gasteiger partial charge in [-0.1, -0.05) is 44.2 Å². The average Bonchev–Trinajstić information content (AvgIpc) is 3.10. The Hall–Kier alpha value is -1.73. The second-order valence-corrected chi connectivity index (χ2v) is 7.00. The molecule has 0 aromatic heterocycles. The number of esters is 1. The van der Waals surface area contributed by atoms with Crippen LogP contribution in [0.25, 0.3) is 0 Å². The van der Waals surface area contributed by atoms with Crippen molar-refractivity contribution in [2.24, 2.45) is 5.92 Å². The zero-order valence-electron chi connectivity index (χ0n) is 13.9. The van der Waals surface area contributed by atoms with Gasteiger partial charge < -0.3 is 19.5 Å². The Morgan fingerprint density at radius 3 is 2.67 bits per heavy atom. The van der Waals surface area contributed by atoms with Gasteiger partial charge in [0.2, 0.25) is 0 Å². The molecule has 2 atom stereocenters. The lowest BCUT2D eigenvalue weighted by Gasteiger charge is -2.21. The fraction of sp³-hybridized carbons (Fsp3) is 0.529. The van der Waals surface area contributed by atoms with Crippen LogP contribution in [0.5, 0.6) is 0 Å². The number of benzene rings is 1. The number of rotatable bonds is 7. The van der Waals surface area contributed by atoms with Crippen LogP contribution in [0.15, 0.2) is 30.3 Å². The number of nitrogens with one attached hydrogen (secondary N) is 1. The molecule has 1 N–H and O–H groups in total. The highest BCUT2D eigenvalue weighted by atomic mass is 32.2. The Morgan fingerprint density at radius 2 is 2.04 bits per heavy atom. The maximum absolute atomic E-state index is 12.2. The number of alkyl carbamates (subject to hydrolysis) is 1. The minimum absolute atomic E-state index is 0.112. The summed E-state index contributed by atoms with van der Waals surface area (Å²) in [7, 11) is 0. The van der Waals surface area contributed by atoms with Crippen molar-refractivity contribution < 1.29 is 23.8 Å². The van der Waals surface area contributed by atoms with Crippen molar-refractivity contribution in [2.75, 3.05) is 19.0 Å². The molecule has 1 aromatic carbocycles. The lowest BCUT2D eigenvalue weighted by molar-refractivity contribution is -0.149. The molecule has 24 heavy (non-hydrogen) atoms. The largest absolute Gasteiger partial charge is 0.460 e. The van der Waals surface area contributed by atoms with Crippen LogP contribution in [0, 0.1) is 5.92 Å². The van der Waals surface area contributed by atoms with E-state index in [1.165, 1.54) is 0 Å². The Labute approximate surface area is 146 Å². The maximum Gasteiger partial charge on any atom is 0.408 e. The highest BCUT2D eigenvalue weighted by Crippen LogP contribution is 2.20. The Kier molecular flexibility index (Phi) is 7.39. The fourth-order valence-electron chi connectivity index (χ4n) is 2.13. The molecule has 1 aliphatic heterocycles. The molecule has 2 rings (SSSR count). The average molecular weight is 353 g/mol. The van der Waals surface area contributed by atoms with Gasteiger partial charge in [0.15, 0.2) is 0 Å². The Morgan fingerprint density at radius 1 is 1.29 bits per heavy atom. The van der Waals surface area contributed by atoms with Crippen LogP contribution in [-0.4, -0.2) is 42.5 Å². The molecule has 132 valence electrons. The van der Waals surface area contributed by atoms with E-state index in [1.54, 1.807) is 11.8 Å². The molecule has 1 aromatic rings. The highest BCUT2D eigenvalue weighted by Gasteiger charge is 2.28. The predicted octanol–water partition coefficient (Wildman–Crippen LogP) is 2.57. The van der Waals surface area contributed by atoms with Crippen molar-refractivity contribution in [3.8, 4) is 0 Å². The van der Waals surface area contributed by atoms with E-state index < -0.39 is 18.1 Å². The molecule has 1 amide bonds. The zero-order valence-corrected chi connectivity index (χ0v) is 14.7. The molecule has 1 heterocycles. The van der Waals surface area contributed by atoms with E-state index in [4.69, 9.17) is 14.2 Å².